The standard InChI is InChI=1S/C12H13ClN4O/c1-8-3-11(14-2)17-12(16-8)7-18-10-4-9(13)5-15-6-10/h3-6H,7H2,1-2H3,(H,14,16,17). The number of ether oxygens (including phenoxy) is 1. The van der Waals surface area contributed by atoms with E-state index in [2.05, 4.69) is 20.3 Å². The van der Waals surface area contributed by atoms with Gasteiger partial charge in [0, 0.05) is 31.1 Å². The maximum absolute atomic E-state index is 5.82. The van der Waals surface area contributed by atoms with Crippen LogP contribution in [0.3, 0.4) is 0 Å². The zero-order valence-corrected chi connectivity index (χ0v) is 10.9. The lowest BCUT2D eigenvalue weighted by Crippen LogP contribution is -2.05. The van der Waals surface area contributed by atoms with E-state index in [4.69, 9.17) is 16.3 Å². The summed E-state index contributed by atoms with van der Waals surface area (Å²) in [5.74, 6) is 1.98. The van der Waals surface area contributed by atoms with Gasteiger partial charge >= 0.3 is 0 Å². The van der Waals surface area contributed by atoms with Crippen molar-refractivity contribution in [2.75, 3.05) is 12.4 Å². The fourth-order valence-corrected chi connectivity index (χ4v) is 1.61. The van der Waals surface area contributed by atoms with Crippen LogP contribution in [0.5, 0.6) is 5.75 Å². The van der Waals surface area contributed by atoms with Crippen molar-refractivity contribution >= 4 is 17.4 Å². The molecule has 2 aromatic heterocycles. The number of hydrogen-bond acceptors (Lipinski definition) is 5. The largest absolute Gasteiger partial charge is 0.484 e. The summed E-state index contributed by atoms with van der Waals surface area (Å²) in [5, 5.41) is 3.51. The number of nitrogens with one attached hydrogen (secondary N) is 1. The van der Waals surface area contributed by atoms with Gasteiger partial charge in [-0.2, -0.15) is 0 Å². The minimum atomic E-state index is 0.276. The van der Waals surface area contributed by atoms with Gasteiger partial charge in [0.2, 0.25) is 0 Å². The molecule has 0 spiro atoms. The van der Waals surface area contributed by atoms with E-state index in [1.165, 1.54) is 0 Å². The molecule has 18 heavy (non-hydrogen) atoms. The average molecular weight is 265 g/mol. The van der Waals surface area contributed by atoms with E-state index < -0.39 is 0 Å². The summed E-state index contributed by atoms with van der Waals surface area (Å²) >= 11 is 5.82. The molecule has 0 amide bonds. The van der Waals surface area contributed by atoms with Gasteiger partial charge in [0.25, 0.3) is 0 Å². The average Bonchev–Trinajstić information content (AvgIpc) is 2.36. The summed E-state index contributed by atoms with van der Waals surface area (Å²) in [6, 6.07) is 3.56. The number of halogens is 1. The van der Waals surface area contributed by atoms with Gasteiger partial charge in [0.05, 0.1) is 11.2 Å². The van der Waals surface area contributed by atoms with Crippen LogP contribution in [0.15, 0.2) is 24.5 Å². The van der Waals surface area contributed by atoms with Crippen LogP contribution in [0.2, 0.25) is 5.02 Å². The fourth-order valence-electron chi connectivity index (χ4n) is 1.44. The SMILES string of the molecule is CNc1cc(C)nc(COc2cncc(Cl)c2)n1. The van der Waals surface area contributed by atoms with Crippen molar-refractivity contribution in [3.05, 3.63) is 41.1 Å². The zero-order chi connectivity index (χ0) is 13.0. The molecule has 0 aromatic carbocycles. The molecule has 94 valence electrons. The van der Waals surface area contributed by atoms with E-state index in [-0.39, 0.29) is 6.61 Å². The molecule has 0 bridgehead atoms. The first-order valence-corrected chi connectivity index (χ1v) is 5.81. The number of rotatable bonds is 4. The van der Waals surface area contributed by atoms with Crippen LogP contribution in [-0.4, -0.2) is 22.0 Å². The number of pyridine rings is 1. The first-order valence-electron chi connectivity index (χ1n) is 5.43. The van der Waals surface area contributed by atoms with E-state index in [0.29, 0.717) is 16.6 Å². The Morgan fingerprint density at radius 2 is 2.11 bits per heavy atom. The Kier molecular flexibility index (Phi) is 3.94. The third kappa shape index (κ3) is 3.30. The second-order valence-electron chi connectivity index (χ2n) is 3.69. The van der Waals surface area contributed by atoms with Gasteiger partial charge in [-0.1, -0.05) is 11.6 Å². The first-order chi connectivity index (χ1) is 8.67. The van der Waals surface area contributed by atoms with Gasteiger partial charge in [0.1, 0.15) is 18.2 Å². The van der Waals surface area contributed by atoms with Crippen LogP contribution < -0.4 is 10.1 Å². The van der Waals surface area contributed by atoms with Crippen molar-refractivity contribution in [2.24, 2.45) is 0 Å². The highest BCUT2D eigenvalue weighted by Crippen LogP contribution is 2.16. The molecular formula is C12H13ClN4O. The number of aromatic nitrogens is 3. The Labute approximate surface area is 110 Å². The van der Waals surface area contributed by atoms with E-state index in [1.807, 2.05) is 20.0 Å². The Bertz CT molecular complexity index is 547. The van der Waals surface area contributed by atoms with Crippen molar-refractivity contribution in [1.29, 1.82) is 0 Å². The molecule has 2 rings (SSSR count). The third-order valence-corrected chi connectivity index (χ3v) is 2.41. The van der Waals surface area contributed by atoms with Gasteiger partial charge in [-0.15, -0.1) is 0 Å². The minimum Gasteiger partial charge on any atom is -0.484 e. The Morgan fingerprint density at radius 3 is 2.83 bits per heavy atom. The van der Waals surface area contributed by atoms with Crippen LogP contribution in [0.1, 0.15) is 11.5 Å². The summed E-state index contributed by atoms with van der Waals surface area (Å²) in [6.07, 6.45) is 3.15. The van der Waals surface area contributed by atoms with E-state index in [9.17, 15) is 0 Å². The van der Waals surface area contributed by atoms with E-state index in [0.717, 1.165) is 11.5 Å². The first kappa shape index (κ1) is 12.6. The maximum Gasteiger partial charge on any atom is 0.168 e. The van der Waals surface area contributed by atoms with Gasteiger partial charge in [0.15, 0.2) is 5.82 Å². The predicted octanol–water partition coefficient (Wildman–Crippen LogP) is 2.45. The van der Waals surface area contributed by atoms with Crippen LogP contribution >= 0.6 is 11.6 Å². The van der Waals surface area contributed by atoms with Gasteiger partial charge in [-0.25, -0.2) is 9.97 Å². The van der Waals surface area contributed by atoms with Gasteiger partial charge in [-0.3, -0.25) is 4.98 Å². The molecule has 5 nitrogen and oxygen atoms in total. The molecule has 0 aliphatic rings. The lowest BCUT2D eigenvalue weighted by atomic mass is 10.4. The summed E-state index contributed by atoms with van der Waals surface area (Å²) < 4.78 is 5.53. The molecule has 0 aliphatic carbocycles. The molecule has 0 radical (unpaired) electrons. The molecule has 0 unspecified atom stereocenters. The van der Waals surface area contributed by atoms with Crippen LogP contribution in [0.4, 0.5) is 5.82 Å². The molecule has 2 aromatic rings. The smallest absolute Gasteiger partial charge is 0.168 e. The van der Waals surface area contributed by atoms with Crippen LogP contribution in [0.25, 0.3) is 0 Å². The van der Waals surface area contributed by atoms with Crippen molar-refractivity contribution in [3.63, 3.8) is 0 Å². The lowest BCUT2D eigenvalue weighted by Gasteiger charge is -2.07. The second kappa shape index (κ2) is 5.64. The Morgan fingerprint density at radius 1 is 1.28 bits per heavy atom. The summed E-state index contributed by atoms with van der Waals surface area (Å²) in [4.78, 5) is 12.5. The Balaban J connectivity index is 2.08. The number of nitrogens with zero attached hydrogens (tertiary/aromatic N) is 3. The molecule has 1 N–H and O–H groups in total. The monoisotopic (exact) mass is 264 g/mol. The molecule has 0 saturated carbocycles. The summed E-state index contributed by atoms with van der Waals surface area (Å²) in [6.45, 7) is 2.19. The van der Waals surface area contributed by atoms with Crippen molar-refractivity contribution < 1.29 is 4.74 Å². The molecule has 6 heteroatoms. The maximum atomic E-state index is 5.82. The second-order valence-corrected chi connectivity index (χ2v) is 4.12. The highest BCUT2D eigenvalue weighted by atomic mass is 35.5. The number of hydrogen-bond donors (Lipinski definition) is 1. The third-order valence-electron chi connectivity index (χ3n) is 2.20. The topological polar surface area (TPSA) is 59.9 Å². The van der Waals surface area contributed by atoms with Gasteiger partial charge in [-0.05, 0) is 6.92 Å². The van der Waals surface area contributed by atoms with Gasteiger partial charge < -0.3 is 10.1 Å². The van der Waals surface area contributed by atoms with Crippen LogP contribution in [-0.2, 0) is 6.61 Å². The van der Waals surface area contributed by atoms with Crippen molar-refractivity contribution in [1.82, 2.24) is 15.0 Å². The zero-order valence-electron chi connectivity index (χ0n) is 10.1. The fraction of sp³-hybridized carbons (Fsp3) is 0.250. The predicted molar refractivity (Wildman–Crippen MR) is 69.9 cm³/mol. The lowest BCUT2D eigenvalue weighted by molar-refractivity contribution is 0.294. The van der Waals surface area contributed by atoms with Crippen molar-refractivity contribution in [2.45, 2.75) is 13.5 Å². The Hall–Kier alpha value is -1.88. The van der Waals surface area contributed by atoms with Crippen LogP contribution in [0, 0.1) is 6.92 Å². The highest BCUT2D eigenvalue weighted by molar-refractivity contribution is 6.30. The van der Waals surface area contributed by atoms with E-state index >= 15 is 0 Å². The number of aryl methyl sites for hydroxylation is 1. The normalized spacial score (nSPS) is 10.2. The molecular weight excluding hydrogens is 252 g/mol. The highest BCUT2D eigenvalue weighted by Gasteiger charge is 2.03. The molecule has 0 atom stereocenters. The van der Waals surface area contributed by atoms with E-state index in [1.54, 1.807) is 18.5 Å². The quantitative estimate of drug-likeness (QED) is 0.919. The summed E-state index contributed by atoms with van der Waals surface area (Å²) in [5.41, 5.74) is 0.886. The molecule has 2 heterocycles. The molecule has 0 saturated heterocycles. The minimum absolute atomic E-state index is 0.276. The molecule has 0 aliphatic heterocycles. The molecule has 0 fully saturated rings. The summed E-state index contributed by atoms with van der Waals surface area (Å²) in [7, 11) is 1.81. The number of anilines is 1. The van der Waals surface area contributed by atoms with Crippen molar-refractivity contribution in [3.8, 4) is 5.75 Å².